The van der Waals surface area contributed by atoms with Crippen LogP contribution in [0.5, 0.6) is 0 Å². The van der Waals surface area contributed by atoms with Crippen molar-refractivity contribution in [1.82, 2.24) is 9.97 Å². The van der Waals surface area contributed by atoms with Crippen LogP contribution in [0.4, 0.5) is 21.7 Å². The van der Waals surface area contributed by atoms with E-state index in [2.05, 4.69) is 9.97 Å². The van der Waals surface area contributed by atoms with Crippen LogP contribution in [0, 0.1) is 5.82 Å². The molecule has 5 nitrogen and oxygen atoms in total. The summed E-state index contributed by atoms with van der Waals surface area (Å²) in [6.07, 6.45) is 0.860. The minimum atomic E-state index is -0.255. The maximum absolute atomic E-state index is 13.4. The fraction of sp³-hybridized carbons (Fsp3) is 0.286. The van der Waals surface area contributed by atoms with Crippen LogP contribution in [0.15, 0.2) is 24.3 Å². The molecule has 2 N–H and O–H groups in total. The molecule has 3 rings (SSSR count). The van der Waals surface area contributed by atoms with E-state index in [9.17, 15) is 4.39 Å². The van der Waals surface area contributed by atoms with Crippen LogP contribution < -0.4 is 10.6 Å². The molecular formula is C14H15FN4O. The molecule has 2 heterocycles. The summed E-state index contributed by atoms with van der Waals surface area (Å²) in [5.41, 5.74) is 7.75. The summed E-state index contributed by atoms with van der Waals surface area (Å²) in [7, 11) is 1.58. The van der Waals surface area contributed by atoms with E-state index in [1.54, 1.807) is 13.2 Å². The number of benzene rings is 1. The quantitative estimate of drug-likeness (QED) is 0.928. The van der Waals surface area contributed by atoms with Gasteiger partial charge in [0.1, 0.15) is 24.1 Å². The molecule has 1 aliphatic rings. The molecule has 0 spiro atoms. The summed E-state index contributed by atoms with van der Waals surface area (Å²) in [5.74, 6) is 1.32. The topological polar surface area (TPSA) is 64.3 Å². The Labute approximate surface area is 116 Å². The molecule has 0 saturated carbocycles. The molecule has 0 aliphatic carbocycles. The Kier molecular flexibility index (Phi) is 3.23. The summed E-state index contributed by atoms with van der Waals surface area (Å²) < 4.78 is 18.5. The largest absolute Gasteiger partial charge is 0.384 e. The predicted octanol–water partition coefficient (Wildman–Crippen LogP) is 2.04. The maximum Gasteiger partial charge on any atom is 0.158 e. The number of methoxy groups -OCH3 is 1. The van der Waals surface area contributed by atoms with Gasteiger partial charge in [-0.05, 0) is 24.1 Å². The normalized spacial score (nSPS) is 13.6. The smallest absolute Gasteiger partial charge is 0.158 e. The van der Waals surface area contributed by atoms with Gasteiger partial charge in [0.2, 0.25) is 0 Å². The summed E-state index contributed by atoms with van der Waals surface area (Å²) in [4.78, 5) is 10.5. The molecule has 0 fully saturated rings. The highest BCUT2D eigenvalue weighted by atomic mass is 19.1. The molecule has 0 radical (unpaired) electrons. The average Bonchev–Trinajstić information content (AvgIpc) is 2.81. The van der Waals surface area contributed by atoms with E-state index in [1.165, 1.54) is 12.1 Å². The van der Waals surface area contributed by atoms with E-state index in [-0.39, 0.29) is 5.82 Å². The van der Waals surface area contributed by atoms with Crippen LogP contribution in [0.3, 0.4) is 0 Å². The summed E-state index contributed by atoms with van der Waals surface area (Å²) in [5, 5.41) is 0. The van der Waals surface area contributed by atoms with E-state index in [0.717, 1.165) is 24.2 Å². The highest BCUT2D eigenvalue weighted by Crippen LogP contribution is 2.34. The third-order valence-electron chi connectivity index (χ3n) is 3.27. The van der Waals surface area contributed by atoms with Crippen LogP contribution in [0.1, 0.15) is 11.4 Å². The van der Waals surface area contributed by atoms with Gasteiger partial charge < -0.3 is 15.4 Å². The first-order valence-corrected chi connectivity index (χ1v) is 6.35. The maximum atomic E-state index is 13.4. The third kappa shape index (κ3) is 2.30. The first kappa shape index (κ1) is 12.8. The number of rotatable bonds is 3. The standard InChI is InChI=1S/C14H15FN4O/c1-20-8-13-17-12(16)7-14(18-13)19-5-4-9-2-3-10(15)6-11(9)19/h2-3,6-7H,4-5,8H2,1H3,(H2,16,17,18). The van der Waals surface area contributed by atoms with Crippen molar-refractivity contribution >= 4 is 17.3 Å². The molecule has 0 amide bonds. The molecule has 0 unspecified atom stereocenters. The average molecular weight is 274 g/mol. The second-order valence-electron chi connectivity index (χ2n) is 4.67. The number of nitrogens with two attached hydrogens (primary N) is 1. The Morgan fingerprint density at radius 2 is 2.20 bits per heavy atom. The van der Waals surface area contributed by atoms with E-state index in [4.69, 9.17) is 10.5 Å². The van der Waals surface area contributed by atoms with Crippen molar-refractivity contribution in [3.63, 3.8) is 0 Å². The number of ether oxygens (including phenoxy) is 1. The molecule has 1 aromatic heterocycles. The predicted molar refractivity (Wildman–Crippen MR) is 74.3 cm³/mol. The number of hydrogen-bond acceptors (Lipinski definition) is 5. The zero-order valence-electron chi connectivity index (χ0n) is 11.1. The van der Waals surface area contributed by atoms with Crippen LogP contribution in [-0.2, 0) is 17.8 Å². The molecule has 1 aliphatic heterocycles. The van der Waals surface area contributed by atoms with Gasteiger partial charge in [-0.25, -0.2) is 14.4 Å². The van der Waals surface area contributed by atoms with Crippen molar-refractivity contribution in [1.29, 1.82) is 0 Å². The van der Waals surface area contributed by atoms with E-state index in [1.807, 2.05) is 11.0 Å². The van der Waals surface area contributed by atoms with Crippen molar-refractivity contribution in [3.05, 3.63) is 41.5 Å². The van der Waals surface area contributed by atoms with Crippen LogP contribution in [-0.4, -0.2) is 23.6 Å². The van der Waals surface area contributed by atoms with Crippen molar-refractivity contribution in [2.45, 2.75) is 13.0 Å². The molecule has 20 heavy (non-hydrogen) atoms. The van der Waals surface area contributed by atoms with E-state index < -0.39 is 0 Å². The van der Waals surface area contributed by atoms with Crippen LogP contribution in [0.25, 0.3) is 0 Å². The summed E-state index contributed by atoms with van der Waals surface area (Å²) in [6, 6.07) is 6.51. The zero-order valence-corrected chi connectivity index (χ0v) is 11.1. The minimum Gasteiger partial charge on any atom is -0.384 e. The first-order valence-electron chi connectivity index (χ1n) is 6.35. The molecule has 0 saturated heterocycles. The SMILES string of the molecule is COCc1nc(N)cc(N2CCc3ccc(F)cc32)n1. The van der Waals surface area contributed by atoms with Gasteiger partial charge in [-0.15, -0.1) is 0 Å². The van der Waals surface area contributed by atoms with Gasteiger partial charge in [-0.3, -0.25) is 0 Å². The number of nitrogen functional groups attached to an aromatic ring is 1. The molecule has 104 valence electrons. The van der Waals surface area contributed by atoms with Crippen molar-refractivity contribution in [2.24, 2.45) is 0 Å². The van der Waals surface area contributed by atoms with Crippen LogP contribution >= 0.6 is 0 Å². The van der Waals surface area contributed by atoms with Crippen molar-refractivity contribution in [3.8, 4) is 0 Å². The highest BCUT2D eigenvalue weighted by Gasteiger charge is 2.22. The Bertz CT molecular complexity index is 647. The van der Waals surface area contributed by atoms with Gasteiger partial charge in [0.25, 0.3) is 0 Å². The zero-order chi connectivity index (χ0) is 14.1. The Morgan fingerprint density at radius 1 is 1.35 bits per heavy atom. The molecule has 1 aromatic carbocycles. The second kappa shape index (κ2) is 5.05. The fourth-order valence-electron chi connectivity index (χ4n) is 2.43. The second-order valence-corrected chi connectivity index (χ2v) is 4.67. The Balaban J connectivity index is 2.01. The highest BCUT2D eigenvalue weighted by molar-refractivity contribution is 5.68. The van der Waals surface area contributed by atoms with Gasteiger partial charge in [0.15, 0.2) is 5.82 Å². The van der Waals surface area contributed by atoms with Gasteiger partial charge in [0.05, 0.1) is 0 Å². The van der Waals surface area contributed by atoms with E-state index >= 15 is 0 Å². The number of nitrogens with zero attached hydrogens (tertiary/aromatic N) is 3. The molecule has 0 atom stereocenters. The summed E-state index contributed by atoms with van der Waals surface area (Å²) in [6.45, 7) is 1.05. The lowest BCUT2D eigenvalue weighted by molar-refractivity contribution is 0.178. The van der Waals surface area contributed by atoms with Crippen molar-refractivity contribution in [2.75, 3.05) is 24.3 Å². The van der Waals surface area contributed by atoms with E-state index in [0.29, 0.717) is 24.1 Å². The molecule has 2 aromatic rings. The lowest BCUT2D eigenvalue weighted by Crippen LogP contribution is -2.17. The van der Waals surface area contributed by atoms with Crippen molar-refractivity contribution < 1.29 is 9.13 Å². The lowest BCUT2D eigenvalue weighted by Gasteiger charge is -2.19. The fourth-order valence-corrected chi connectivity index (χ4v) is 2.43. The Morgan fingerprint density at radius 3 is 3.00 bits per heavy atom. The number of anilines is 3. The number of hydrogen-bond donors (Lipinski definition) is 1. The molecular weight excluding hydrogens is 259 g/mol. The van der Waals surface area contributed by atoms with Gasteiger partial charge >= 0.3 is 0 Å². The van der Waals surface area contributed by atoms with Crippen LogP contribution in [0.2, 0.25) is 0 Å². The van der Waals surface area contributed by atoms with Gasteiger partial charge in [-0.1, -0.05) is 6.07 Å². The summed E-state index contributed by atoms with van der Waals surface area (Å²) >= 11 is 0. The number of aromatic nitrogens is 2. The lowest BCUT2D eigenvalue weighted by atomic mass is 10.2. The molecule has 6 heteroatoms. The monoisotopic (exact) mass is 274 g/mol. The number of halogens is 1. The van der Waals surface area contributed by atoms with Gasteiger partial charge in [-0.2, -0.15) is 0 Å². The van der Waals surface area contributed by atoms with Gasteiger partial charge in [0, 0.05) is 25.4 Å². The molecule has 0 bridgehead atoms. The third-order valence-corrected chi connectivity index (χ3v) is 3.27. The Hall–Kier alpha value is -2.21. The minimum absolute atomic E-state index is 0.255. The number of fused-ring (bicyclic) bond motifs is 1. The first-order chi connectivity index (χ1) is 9.67.